The van der Waals surface area contributed by atoms with Crippen LogP contribution in [-0.2, 0) is 0 Å². The van der Waals surface area contributed by atoms with Crippen molar-refractivity contribution < 1.29 is 9.50 Å². The number of rotatable bonds is 1. The second kappa shape index (κ2) is 3.02. The van der Waals surface area contributed by atoms with Gasteiger partial charge in [0, 0.05) is 18.5 Å². The molecule has 0 aliphatic heterocycles. The van der Waals surface area contributed by atoms with Gasteiger partial charge in [-0.3, -0.25) is 4.57 Å². The number of phenolic OH excluding ortho intramolecular Hbond substituents is 1. The SMILES string of the molecule is O=c1[nH]ccn1-c1ccc(O)c(F)c1. The van der Waals surface area contributed by atoms with Crippen molar-refractivity contribution in [2.24, 2.45) is 0 Å². The van der Waals surface area contributed by atoms with Gasteiger partial charge in [-0.1, -0.05) is 0 Å². The molecule has 0 saturated heterocycles. The molecule has 0 radical (unpaired) electrons. The average Bonchev–Trinajstić information content (AvgIpc) is 2.57. The van der Waals surface area contributed by atoms with E-state index in [9.17, 15) is 9.18 Å². The lowest BCUT2D eigenvalue weighted by Crippen LogP contribution is -2.13. The first-order valence-corrected chi connectivity index (χ1v) is 3.93. The maximum Gasteiger partial charge on any atom is 0.330 e. The first-order valence-electron chi connectivity index (χ1n) is 3.93. The third-order valence-corrected chi connectivity index (χ3v) is 1.86. The number of aromatic amines is 1. The van der Waals surface area contributed by atoms with Crippen LogP contribution >= 0.6 is 0 Å². The van der Waals surface area contributed by atoms with E-state index in [1.54, 1.807) is 0 Å². The molecule has 0 aliphatic carbocycles. The summed E-state index contributed by atoms with van der Waals surface area (Å²) >= 11 is 0. The van der Waals surface area contributed by atoms with Gasteiger partial charge < -0.3 is 10.1 Å². The first-order chi connectivity index (χ1) is 6.68. The van der Waals surface area contributed by atoms with Crippen LogP contribution in [0.4, 0.5) is 4.39 Å². The highest BCUT2D eigenvalue weighted by Gasteiger charge is 2.04. The van der Waals surface area contributed by atoms with Gasteiger partial charge in [-0.2, -0.15) is 0 Å². The number of benzene rings is 1. The Morgan fingerprint density at radius 3 is 2.79 bits per heavy atom. The van der Waals surface area contributed by atoms with Gasteiger partial charge in [0.1, 0.15) is 0 Å². The molecule has 0 amide bonds. The fraction of sp³-hybridized carbons (Fsp3) is 0. The standard InChI is InChI=1S/C9H7FN2O2/c10-7-5-6(1-2-8(7)13)12-4-3-11-9(12)14/h1-5,13H,(H,11,14). The minimum absolute atomic E-state index is 0.352. The zero-order valence-corrected chi connectivity index (χ0v) is 7.07. The van der Waals surface area contributed by atoms with Crippen molar-refractivity contribution in [1.82, 2.24) is 9.55 Å². The number of imidazole rings is 1. The normalized spacial score (nSPS) is 10.4. The summed E-state index contributed by atoms with van der Waals surface area (Å²) in [5.74, 6) is -1.19. The van der Waals surface area contributed by atoms with E-state index < -0.39 is 11.6 Å². The summed E-state index contributed by atoms with van der Waals surface area (Å²) < 4.78 is 14.2. The molecular weight excluding hydrogens is 187 g/mol. The number of hydrogen-bond acceptors (Lipinski definition) is 2. The molecule has 14 heavy (non-hydrogen) atoms. The number of hydrogen-bond donors (Lipinski definition) is 2. The van der Waals surface area contributed by atoms with Crippen LogP contribution in [-0.4, -0.2) is 14.7 Å². The van der Waals surface area contributed by atoms with Crippen LogP contribution in [0.2, 0.25) is 0 Å². The number of phenols is 1. The summed E-state index contributed by atoms with van der Waals surface area (Å²) in [7, 11) is 0. The minimum atomic E-state index is -0.754. The highest BCUT2D eigenvalue weighted by atomic mass is 19.1. The Bertz CT molecular complexity index is 516. The highest BCUT2D eigenvalue weighted by Crippen LogP contribution is 2.17. The monoisotopic (exact) mass is 194 g/mol. The van der Waals surface area contributed by atoms with Gasteiger partial charge >= 0.3 is 5.69 Å². The zero-order chi connectivity index (χ0) is 10.1. The van der Waals surface area contributed by atoms with Crippen molar-refractivity contribution in [3.63, 3.8) is 0 Å². The molecule has 4 nitrogen and oxygen atoms in total. The molecule has 0 fully saturated rings. The fourth-order valence-electron chi connectivity index (χ4n) is 1.17. The van der Waals surface area contributed by atoms with Gasteiger partial charge in [0.25, 0.3) is 0 Å². The second-order valence-corrected chi connectivity index (χ2v) is 2.77. The van der Waals surface area contributed by atoms with Crippen molar-refractivity contribution in [2.45, 2.75) is 0 Å². The quantitative estimate of drug-likeness (QED) is 0.711. The van der Waals surface area contributed by atoms with Crippen LogP contribution in [0.5, 0.6) is 5.75 Å². The predicted molar refractivity (Wildman–Crippen MR) is 48.0 cm³/mol. The number of H-pyrrole nitrogens is 1. The molecule has 72 valence electrons. The van der Waals surface area contributed by atoms with E-state index in [0.29, 0.717) is 5.69 Å². The number of nitrogens with zero attached hydrogens (tertiary/aromatic N) is 1. The molecule has 2 rings (SSSR count). The average molecular weight is 194 g/mol. The smallest absolute Gasteiger partial charge is 0.330 e. The third kappa shape index (κ3) is 1.28. The highest BCUT2D eigenvalue weighted by molar-refractivity contribution is 5.37. The number of aromatic hydroxyl groups is 1. The Morgan fingerprint density at radius 1 is 1.43 bits per heavy atom. The van der Waals surface area contributed by atoms with Gasteiger partial charge in [0.2, 0.25) is 0 Å². The Kier molecular flexibility index (Phi) is 1.85. The fourth-order valence-corrected chi connectivity index (χ4v) is 1.17. The van der Waals surface area contributed by atoms with E-state index >= 15 is 0 Å². The van der Waals surface area contributed by atoms with Crippen molar-refractivity contribution in [2.75, 3.05) is 0 Å². The topological polar surface area (TPSA) is 58.0 Å². The molecule has 1 heterocycles. The zero-order valence-electron chi connectivity index (χ0n) is 7.07. The molecule has 0 atom stereocenters. The number of nitrogens with one attached hydrogen (secondary N) is 1. The lowest BCUT2D eigenvalue weighted by molar-refractivity contribution is 0.432. The van der Waals surface area contributed by atoms with Gasteiger partial charge in [0.05, 0.1) is 5.69 Å². The summed E-state index contributed by atoms with van der Waals surface area (Å²) in [6.07, 6.45) is 2.93. The molecule has 5 heteroatoms. The molecule has 0 unspecified atom stereocenters. The molecule has 0 saturated carbocycles. The van der Waals surface area contributed by atoms with Crippen LogP contribution in [0.15, 0.2) is 35.4 Å². The van der Waals surface area contributed by atoms with E-state index in [0.717, 1.165) is 6.07 Å². The Balaban J connectivity index is 2.59. The Hall–Kier alpha value is -2.04. The van der Waals surface area contributed by atoms with Gasteiger partial charge in [-0.15, -0.1) is 0 Å². The predicted octanol–water partition coefficient (Wildman–Crippen LogP) is 1.01. The Morgan fingerprint density at radius 2 is 2.21 bits per heavy atom. The Labute approximate surface area is 78.2 Å². The van der Waals surface area contributed by atoms with Crippen molar-refractivity contribution >= 4 is 0 Å². The largest absolute Gasteiger partial charge is 0.505 e. The molecule has 0 aliphatic rings. The van der Waals surface area contributed by atoms with Crippen LogP contribution in [0.3, 0.4) is 0 Å². The summed E-state index contributed by atoms with van der Waals surface area (Å²) in [6.45, 7) is 0. The molecule has 1 aromatic heterocycles. The van der Waals surface area contributed by atoms with E-state index in [2.05, 4.69) is 4.98 Å². The van der Waals surface area contributed by atoms with Crippen LogP contribution in [0.25, 0.3) is 5.69 Å². The van der Waals surface area contributed by atoms with Crippen LogP contribution in [0, 0.1) is 5.82 Å². The molecular formula is C9H7FN2O2. The molecule has 2 N–H and O–H groups in total. The number of halogens is 1. The van der Waals surface area contributed by atoms with Crippen LogP contribution < -0.4 is 5.69 Å². The first kappa shape index (κ1) is 8.55. The third-order valence-electron chi connectivity index (χ3n) is 1.86. The van der Waals surface area contributed by atoms with Crippen molar-refractivity contribution in [3.05, 3.63) is 46.9 Å². The van der Waals surface area contributed by atoms with E-state index in [4.69, 9.17) is 5.11 Å². The molecule has 1 aromatic carbocycles. The summed E-state index contributed by atoms with van der Waals surface area (Å²) in [5.41, 5.74) is 0.0154. The molecule has 2 aromatic rings. The summed E-state index contributed by atoms with van der Waals surface area (Å²) in [6, 6.07) is 3.74. The van der Waals surface area contributed by atoms with Crippen LogP contribution in [0.1, 0.15) is 0 Å². The lowest BCUT2D eigenvalue weighted by atomic mass is 10.3. The minimum Gasteiger partial charge on any atom is -0.505 e. The maximum absolute atomic E-state index is 12.9. The summed E-state index contributed by atoms with van der Waals surface area (Å²) in [5, 5.41) is 8.94. The van der Waals surface area contributed by atoms with E-state index in [1.165, 1.54) is 29.1 Å². The van der Waals surface area contributed by atoms with Gasteiger partial charge in [-0.05, 0) is 12.1 Å². The lowest BCUT2D eigenvalue weighted by Gasteiger charge is -2.01. The molecule has 0 bridgehead atoms. The van der Waals surface area contributed by atoms with E-state index in [1.807, 2.05) is 0 Å². The maximum atomic E-state index is 12.9. The number of aromatic nitrogens is 2. The van der Waals surface area contributed by atoms with E-state index in [-0.39, 0.29) is 5.69 Å². The summed E-state index contributed by atoms with van der Waals surface area (Å²) in [4.78, 5) is 13.6. The van der Waals surface area contributed by atoms with Gasteiger partial charge in [0.15, 0.2) is 11.6 Å². The van der Waals surface area contributed by atoms with Crippen molar-refractivity contribution in [3.8, 4) is 11.4 Å². The van der Waals surface area contributed by atoms with Gasteiger partial charge in [-0.25, -0.2) is 9.18 Å². The second-order valence-electron chi connectivity index (χ2n) is 2.77. The van der Waals surface area contributed by atoms with Crippen molar-refractivity contribution in [1.29, 1.82) is 0 Å². The molecule has 0 spiro atoms.